The van der Waals surface area contributed by atoms with E-state index >= 15 is 0 Å². The molecule has 156 valence electrons. The third-order valence-electron chi connectivity index (χ3n) is 5.30. The number of nitrogens with one attached hydrogen (secondary N) is 3. The zero-order chi connectivity index (χ0) is 19.1. The molecule has 2 unspecified atom stereocenters. The van der Waals surface area contributed by atoms with Crippen LogP contribution in [0.4, 0.5) is 5.69 Å². The summed E-state index contributed by atoms with van der Waals surface area (Å²) in [6.07, 6.45) is 3.17. The number of anilines is 1. The van der Waals surface area contributed by atoms with Crippen LogP contribution in [0.2, 0.25) is 0 Å². The maximum absolute atomic E-state index is 12.0. The van der Waals surface area contributed by atoms with Crippen molar-refractivity contribution >= 4 is 41.5 Å². The van der Waals surface area contributed by atoms with Gasteiger partial charge in [0, 0.05) is 44.2 Å². The van der Waals surface area contributed by atoms with Crippen molar-refractivity contribution in [3.05, 3.63) is 29.8 Å². The highest BCUT2D eigenvalue weighted by Gasteiger charge is 2.24. The number of carbonyl (C=O) groups is 1. The number of nitrogens with zero attached hydrogens (tertiary/aromatic N) is 2. The number of hydrogen-bond donors (Lipinski definition) is 3. The fraction of sp³-hybridized carbons (Fsp3) is 0.619. The van der Waals surface area contributed by atoms with Crippen molar-refractivity contribution in [3.8, 4) is 0 Å². The number of halogens is 1. The Kier molecular flexibility index (Phi) is 9.50. The number of aliphatic imine (C=N–C) groups is 1. The lowest BCUT2D eigenvalue weighted by atomic mass is 9.90. The summed E-state index contributed by atoms with van der Waals surface area (Å²) >= 11 is 0. The molecule has 6 nitrogen and oxygen atoms in total. The summed E-state index contributed by atoms with van der Waals surface area (Å²) in [6, 6.07) is 8.06. The number of hydrogen-bond acceptors (Lipinski definition) is 3. The Balaban J connectivity index is 0.00000280. The SMILES string of the molecule is CCNC(=NCC(C)CN1CCCC1)NCC1CC(=O)Nc2ccccc21.I. The second kappa shape index (κ2) is 11.6. The van der Waals surface area contributed by atoms with Crippen molar-refractivity contribution in [2.45, 2.75) is 39.0 Å². The Morgan fingerprint density at radius 1 is 1.29 bits per heavy atom. The zero-order valence-corrected chi connectivity index (χ0v) is 19.4. The number of amides is 1. The van der Waals surface area contributed by atoms with E-state index in [2.05, 4.69) is 40.8 Å². The molecule has 0 spiro atoms. The number of rotatable bonds is 7. The van der Waals surface area contributed by atoms with Crippen LogP contribution in [0.1, 0.15) is 44.6 Å². The van der Waals surface area contributed by atoms with Gasteiger partial charge in [-0.2, -0.15) is 0 Å². The molecule has 1 aromatic rings. The Morgan fingerprint density at radius 3 is 2.79 bits per heavy atom. The smallest absolute Gasteiger partial charge is 0.225 e. The molecule has 0 saturated carbocycles. The van der Waals surface area contributed by atoms with Crippen LogP contribution in [0.25, 0.3) is 0 Å². The minimum atomic E-state index is 0. The number of likely N-dealkylation sites (tertiary alicyclic amines) is 1. The first-order valence-electron chi connectivity index (χ1n) is 10.3. The molecular formula is C21H34IN5O. The predicted molar refractivity (Wildman–Crippen MR) is 127 cm³/mol. The Bertz CT molecular complexity index is 660. The van der Waals surface area contributed by atoms with Crippen molar-refractivity contribution in [2.75, 3.05) is 44.6 Å². The zero-order valence-electron chi connectivity index (χ0n) is 17.0. The standard InChI is InChI=1S/C21H33N5O.HI/c1-3-22-21(23-13-16(2)15-26-10-6-7-11-26)24-14-17-12-20(27)25-19-9-5-4-8-18(17)19;/h4-5,8-9,16-17H,3,6-7,10-15H2,1-2H3,(H,25,27)(H2,22,23,24);1H. The van der Waals surface area contributed by atoms with Gasteiger partial charge in [-0.05, 0) is 50.4 Å². The molecule has 1 aromatic carbocycles. The number of fused-ring (bicyclic) bond motifs is 1. The molecule has 0 bridgehead atoms. The molecule has 3 rings (SSSR count). The maximum Gasteiger partial charge on any atom is 0.225 e. The van der Waals surface area contributed by atoms with Crippen LogP contribution >= 0.6 is 24.0 Å². The fourth-order valence-corrected chi connectivity index (χ4v) is 3.96. The second-order valence-corrected chi connectivity index (χ2v) is 7.75. The van der Waals surface area contributed by atoms with Crippen LogP contribution in [0.3, 0.4) is 0 Å². The molecule has 3 N–H and O–H groups in total. The Labute approximate surface area is 186 Å². The summed E-state index contributed by atoms with van der Waals surface area (Å²) in [5.74, 6) is 1.64. The van der Waals surface area contributed by atoms with E-state index in [-0.39, 0.29) is 35.8 Å². The highest BCUT2D eigenvalue weighted by atomic mass is 127. The van der Waals surface area contributed by atoms with E-state index in [0.29, 0.717) is 18.9 Å². The molecule has 2 heterocycles. The van der Waals surface area contributed by atoms with E-state index in [9.17, 15) is 4.79 Å². The normalized spacial score (nSPS) is 20.7. The van der Waals surface area contributed by atoms with Gasteiger partial charge in [0.15, 0.2) is 5.96 Å². The minimum absolute atomic E-state index is 0. The topological polar surface area (TPSA) is 68.8 Å². The Morgan fingerprint density at radius 2 is 2.04 bits per heavy atom. The van der Waals surface area contributed by atoms with Crippen LogP contribution < -0.4 is 16.0 Å². The first-order valence-corrected chi connectivity index (χ1v) is 10.3. The third kappa shape index (κ3) is 6.62. The summed E-state index contributed by atoms with van der Waals surface area (Å²) in [6.45, 7) is 10.3. The molecule has 0 aliphatic carbocycles. The van der Waals surface area contributed by atoms with Gasteiger partial charge in [-0.1, -0.05) is 25.1 Å². The van der Waals surface area contributed by atoms with Gasteiger partial charge in [0.1, 0.15) is 0 Å². The van der Waals surface area contributed by atoms with Crippen LogP contribution in [0.15, 0.2) is 29.3 Å². The van der Waals surface area contributed by atoms with Crippen LogP contribution in [0.5, 0.6) is 0 Å². The average molecular weight is 499 g/mol. The first kappa shape index (κ1) is 22.9. The van der Waals surface area contributed by atoms with E-state index in [4.69, 9.17) is 4.99 Å². The van der Waals surface area contributed by atoms with Crippen molar-refractivity contribution in [1.82, 2.24) is 15.5 Å². The van der Waals surface area contributed by atoms with E-state index in [1.807, 2.05) is 18.2 Å². The molecule has 2 aliphatic heterocycles. The van der Waals surface area contributed by atoms with E-state index in [0.717, 1.165) is 31.3 Å². The predicted octanol–water partition coefficient (Wildman–Crippen LogP) is 3.02. The Hall–Kier alpha value is -1.35. The van der Waals surface area contributed by atoms with Crippen LogP contribution in [-0.4, -0.2) is 56.0 Å². The molecule has 1 fully saturated rings. The molecule has 2 aliphatic rings. The van der Waals surface area contributed by atoms with Gasteiger partial charge in [-0.3, -0.25) is 9.79 Å². The molecule has 7 heteroatoms. The molecule has 0 aromatic heterocycles. The molecule has 0 radical (unpaired) electrons. The van der Waals surface area contributed by atoms with E-state index < -0.39 is 0 Å². The van der Waals surface area contributed by atoms with Crippen LogP contribution in [-0.2, 0) is 4.79 Å². The van der Waals surface area contributed by atoms with E-state index in [1.54, 1.807) is 0 Å². The summed E-state index contributed by atoms with van der Waals surface area (Å²) in [5, 5.41) is 9.74. The van der Waals surface area contributed by atoms with Gasteiger partial charge in [-0.15, -0.1) is 24.0 Å². The van der Waals surface area contributed by atoms with Crippen molar-refractivity contribution < 1.29 is 4.79 Å². The molecular weight excluding hydrogens is 465 g/mol. The molecule has 1 amide bonds. The van der Waals surface area contributed by atoms with Gasteiger partial charge in [0.25, 0.3) is 0 Å². The fourth-order valence-electron chi connectivity index (χ4n) is 3.96. The van der Waals surface area contributed by atoms with Gasteiger partial charge < -0.3 is 20.9 Å². The molecule has 2 atom stereocenters. The third-order valence-corrected chi connectivity index (χ3v) is 5.30. The van der Waals surface area contributed by atoms with Gasteiger partial charge in [-0.25, -0.2) is 0 Å². The molecule has 28 heavy (non-hydrogen) atoms. The lowest BCUT2D eigenvalue weighted by Gasteiger charge is -2.26. The minimum Gasteiger partial charge on any atom is -0.357 e. The summed E-state index contributed by atoms with van der Waals surface area (Å²) in [4.78, 5) is 19.3. The second-order valence-electron chi connectivity index (χ2n) is 7.75. The summed E-state index contributed by atoms with van der Waals surface area (Å²) in [7, 11) is 0. The quantitative estimate of drug-likeness (QED) is 0.307. The maximum atomic E-state index is 12.0. The largest absolute Gasteiger partial charge is 0.357 e. The highest BCUT2D eigenvalue weighted by Crippen LogP contribution is 2.31. The summed E-state index contributed by atoms with van der Waals surface area (Å²) < 4.78 is 0. The highest BCUT2D eigenvalue weighted by molar-refractivity contribution is 14.0. The molecule has 1 saturated heterocycles. The first-order chi connectivity index (χ1) is 13.2. The number of carbonyl (C=O) groups excluding carboxylic acids is 1. The number of guanidine groups is 1. The lowest BCUT2D eigenvalue weighted by molar-refractivity contribution is -0.116. The average Bonchev–Trinajstić information content (AvgIpc) is 3.16. The van der Waals surface area contributed by atoms with Crippen molar-refractivity contribution in [3.63, 3.8) is 0 Å². The van der Waals surface area contributed by atoms with Gasteiger partial charge in [0.05, 0.1) is 0 Å². The van der Waals surface area contributed by atoms with Gasteiger partial charge >= 0.3 is 0 Å². The summed E-state index contributed by atoms with van der Waals surface area (Å²) in [5.41, 5.74) is 2.13. The number of benzene rings is 1. The van der Waals surface area contributed by atoms with Crippen molar-refractivity contribution in [1.29, 1.82) is 0 Å². The van der Waals surface area contributed by atoms with E-state index in [1.165, 1.54) is 31.5 Å². The van der Waals surface area contributed by atoms with Crippen molar-refractivity contribution in [2.24, 2.45) is 10.9 Å². The van der Waals surface area contributed by atoms with Gasteiger partial charge in [0.2, 0.25) is 5.91 Å². The lowest BCUT2D eigenvalue weighted by Crippen LogP contribution is -2.41. The van der Waals surface area contributed by atoms with Crippen LogP contribution in [0, 0.1) is 5.92 Å². The number of para-hydroxylation sites is 1. The monoisotopic (exact) mass is 499 g/mol.